The third-order valence-corrected chi connectivity index (χ3v) is 5.62. The Hall–Kier alpha value is -5.05. The highest BCUT2D eigenvalue weighted by atomic mass is 16.5. The molecule has 9 heteroatoms. The Morgan fingerprint density at radius 3 is 2.64 bits per heavy atom. The number of benzodiazepines with no additional fused rings is 1. The molecule has 5 rings (SSSR count). The van der Waals surface area contributed by atoms with Crippen LogP contribution in [-0.2, 0) is 9.53 Å². The Labute approximate surface area is 206 Å². The molecular formula is C27H22N6O3. The van der Waals surface area contributed by atoms with E-state index in [1.54, 1.807) is 43.6 Å². The molecule has 9 nitrogen and oxygen atoms in total. The standard InChI is InChI=1S/C27H22N6O3/c1-35-17-11-12-21-20(15-17)18(13-14-30-21)24(28)36-27(29)33-25-26(34)31-22-10-6-5-9-19(22)23(32-25)16-7-3-2-4-8-16/h2-15,25,28H,1H3,(H2,29,33)(H,31,34). The summed E-state index contributed by atoms with van der Waals surface area (Å²) in [4.78, 5) is 26.1. The quantitative estimate of drug-likeness (QED) is 0.304. The van der Waals surface area contributed by atoms with Gasteiger partial charge in [-0.1, -0.05) is 48.5 Å². The van der Waals surface area contributed by atoms with Crippen molar-refractivity contribution in [2.45, 2.75) is 6.17 Å². The first-order valence-electron chi connectivity index (χ1n) is 11.1. The largest absolute Gasteiger partial charge is 0.497 e. The van der Waals surface area contributed by atoms with E-state index in [0.717, 1.165) is 11.1 Å². The van der Waals surface area contributed by atoms with Gasteiger partial charge in [0, 0.05) is 28.3 Å². The first-order chi connectivity index (χ1) is 17.5. The van der Waals surface area contributed by atoms with Gasteiger partial charge in [-0.2, -0.15) is 4.99 Å². The zero-order valence-corrected chi connectivity index (χ0v) is 19.3. The van der Waals surface area contributed by atoms with Gasteiger partial charge in [-0.25, -0.2) is 4.99 Å². The number of nitrogens with two attached hydrogens (primary N) is 1. The molecule has 0 aliphatic carbocycles. The number of methoxy groups -OCH3 is 1. The van der Waals surface area contributed by atoms with E-state index < -0.39 is 12.1 Å². The number of benzene rings is 3. The molecule has 0 saturated carbocycles. The number of fused-ring (bicyclic) bond motifs is 2. The number of carbonyl (C=O) groups excluding carboxylic acids is 1. The molecule has 178 valence electrons. The molecule has 4 N–H and O–H groups in total. The van der Waals surface area contributed by atoms with Crippen molar-refractivity contribution in [1.29, 1.82) is 5.41 Å². The number of amidine groups is 1. The zero-order chi connectivity index (χ0) is 25.1. The Balaban J connectivity index is 1.48. The van der Waals surface area contributed by atoms with E-state index in [4.69, 9.17) is 20.6 Å². The first-order valence-corrected chi connectivity index (χ1v) is 11.1. The van der Waals surface area contributed by atoms with Crippen LogP contribution in [0, 0.1) is 5.41 Å². The number of hydrogen-bond donors (Lipinski definition) is 3. The maximum atomic E-state index is 13.0. The van der Waals surface area contributed by atoms with Crippen LogP contribution in [0.4, 0.5) is 5.69 Å². The fourth-order valence-electron chi connectivity index (χ4n) is 3.92. The molecule has 3 aromatic carbocycles. The average Bonchev–Trinajstić information content (AvgIpc) is 3.04. The average molecular weight is 479 g/mol. The lowest BCUT2D eigenvalue weighted by Gasteiger charge is -2.11. The minimum absolute atomic E-state index is 0.249. The predicted molar refractivity (Wildman–Crippen MR) is 139 cm³/mol. The number of amides is 1. The van der Waals surface area contributed by atoms with Crippen LogP contribution in [0.25, 0.3) is 10.9 Å². The maximum Gasteiger partial charge on any atom is 0.291 e. The summed E-state index contributed by atoms with van der Waals surface area (Å²) in [5, 5.41) is 12.0. The number of nitrogens with one attached hydrogen (secondary N) is 2. The van der Waals surface area contributed by atoms with Crippen molar-refractivity contribution in [2.75, 3.05) is 12.4 Å². The molecule has 1 amide bonds. The minimum Gasteiger partial charge on any atom is -0.497 e. The number of rotatable bonds is 4. The second-order valence-electron chi connectivity index (χ2n) is 7.89. The van der Waals surface area contributed by atoms with Crippen molar-refractivity contribution in [2.24, 2.45) is 15.7 Å². The number of ether oxygens (including phenoxy) is 2. The molecule has 2 heterocycles. The van der Waals surface area contributed by atoms with E-state index in [1.807, 2.05) is 48.5 Å². The molecular weight excluding hydrogens is 456 g/mol. The summed E-state index contributed by atoms with van der Waals surface area (Å²) in [5.74, 6) is -0.101. The molecule has 0 saturated heterocycles. The van der Waals surface area contributed by atoms with Crippen molar-refractivity contribution in [1.82, 2.24) is 4.98 Å². The van der Waals surface area contributed by atoms with Gasteiger partial charge >= 0.3 is 0 Å². The monoisotopic (exact) mass is 478 g/mol. The fraction of sp³-hybridized carbons (Fsp3) is 0.0741. The third-order valence-electron chi connectivity index (χ3n) is 5.62. The number of para-hydroxylation sites is 1. The van der Waals surface area contributed by atoms with E-state index in [-0.39, 0.29) is 11.9 Å². The van der Waals surface area contributed by atoms with Crippen LogP contribution in [-0.4, -0.2) is 41.8 Å². The second-order valence-corrected chi connectivity index (χ2v) is 7.89. The highest BCUT2D eigenvalue weighted by Gasteiger charge is 2.26. The van der Waals surface area contributed by atoms with Gasteiger partial charge in [0.05, 0.1) is 24.0 Å². The minimum atomic E-state index is -1.21. The van der Waals surface area contributed by atoms with Crippen LogP contribution < -0.4 is 15.8 Å². The predicted octanol–water partition coefficient (Wildman–Crippen LogP) is 3.72. The molecule has 1 unspecified atom stereocenters. The zero-order valence-electron chi connectivity index (χ0n) is 19.3. The highest BCUT2D eigenvalue weighted by Crippen LogP contribution is 2.25. The van der Waals surface area contributed by atoms with Crippen molar-refractivity contribution < 1.29 is 14.3 Å². The molecule has 1 atom stereocenters. The van der Waals surface area contributed by atoms with Gasteiger partial charge in [0.2, 0.25) is 12.1 Å². The molecule has 1 aliphatic rings. The van der Waals surface area contributed by atoms with E-state index in [1.165, 1.54) is 0 Å². The molecule has 36 heavy (non-hydrogen) atoms. The Kier molecular flexibility index (Phi) is 6.10. The first kappa shape index (κ1) is 22.7. The summed E-state index contributed by atoms with van der Waals surface area (Å²) in [6, 6.07) is 23.5. The molecule has 4 aromatic rings. The van der Waals surface area contributed by atoms with Crippen molar-refractivity contribution in [3.63, 3.8) is 0 Å². The summed E-state index contributed by atoms with van der Waals surface area (Å²) in [7, 11) is 1.56. The molecule has 0 spiro atoms. The van der Waals surface area contributed by atoms with Gasteiger partial charge < -0.3 is 20.5 Å². The number of carbonyl (C=O) groups is 1. The van der Waals surface area contributed by atoms with Crippen LogP contribution in [0.1, 0.15) is 16.7 Å². The number of aliphatic imine (C=N–C) groups is 2. The Morgan fingerprint density at radius 2 is 1.83 bits per heavy atom. The number of aromatic nitrogens is 1. The van der Waals surface area contributed by atoms with Crippen LogP contribution in [0.5, 0.6) is 5.75 Å². The highest BCUT2D eigenvalue weighted by molar-refractivity contribution is 6.19. The summed E-state index contributed by atoms with van der Waals surface area (Å²) >= 11 is 0. The molecule has 0 fully saturated rings. The lowest BCUT2D eigenvalue weighted by Crippen LogP contribution is -2.29. The SMILES string of the molecule is COc1ccc2nccc(C(=N)O/C(N)=N/C3N=C(c4ccccc4)c4ccccc4NC3=O)c2c1. The van der Waals surface area contributed by atoms with Crippen LogP contribution in [0.3, 0.4) is 0 Å². The van der Waals surface area contributed by atoms with Gasteiger partial charge in [0.25, 0.3) is 11.9 Å². The summed E-state index contributed by atoms with van der Waals surface area (Å²) in [5.41, 5.74) is 9.95. The number of hydrogen-bond acceptors (Lipinski definition) is 7. The fourth-order valence-corrected chi connectivity index (χ4v) is 3.92. The van der Waals surface area contributed by atoms with Gasteiger partial charge in [-0.15, -0.1) is 0 Å². The van der Waals surface area contributed by atoms with Crippen molar-refractivity contribution in [3.8, 4) is 5.75 Å². The Morgan fingerprint density at radius 1 is 1.06 bits per heavy atom. The van der Waals surface area contributed by atoms with Gasteiger partial charge in [0.1, 0.15) is 5.75 Å². The van der Waals surface area contributed by atoms with Gasteiger partial charge in [0.15, 0.2) is 0 Å². The number of nitrogens with zero attached hydrogens (tertiary/aromatic N) is 3. The maximum absolute atomic E-state index is 13.0. The second kappa shape index (κ2) is 9.67. The van der Waals surface area contributed by atoms with Crippen molar-refractivity contribution in [3.05, 3.63) is 102 Å². The molecule has 0 bridgehead atoms. The molecule has 0 radical (unpaired) electrons. The van der Waals surface area contributed by atoms with Crippen LogP contribution in [0.15, 0.2) is 95.0 Å². The van der Waals surface area contributed by atoms with E-state index in [0.29, 0.717) is 33.6 Å². The summed E-state index contributed by atoms with van der Waals surface area (Å²) in [6.07, 6.45) is 0.358. The summed E-state index contributed by atoms with van der Waals surface area (Å²) in [6.45, 7) is 0. The Bertz CT molecular complexity index is 1530. The van der Waals surface area contributed by atoms with E-state index in [9.17, 15) is 4.79 Å². The molecule has 1 aromatic heterocycles. The normalized spacial score (nSPS) is 15.4. The number of anilines is 1. The van der Waals surface area contributed by atoms with Gasteiger partial charge in [-0.3, -0.25) is 15.2 Å². The van der Waals surface area contributed by atoms with E-state index >= 15 is 0 Å². The van der Waals surface area contributed by atoms with Crippen molar-refractivity contribution >= 4 is 40.1 Å². The smallest absolute Gasteiger partial charge is 0.291 e. The van der Waals surface area contributed by atoms with E-state index in [2.05, 4.69) is 20.3 Å². The summed E-state index contributed by atoms with van der Waals surface area (Å²) < 4.78 is 10.8. The lowest BCUT2D eigenvalue weighted by molar-refractivity contribution is -0.117. The molecule has 1 aliphatic heterocycles. The number of pyridine rings is 1. The third kappa shape index (κ3) is 4.49. The van der Waals surface area contributed by atoms with Gasteiger partial charge in [-0.05, 0) is 30.3 Å². The topological polar surface area (TPSA) is 135 Å². The van der Waals surface area contributed by atoms with Crippen LogP contribution >= 0.6 is 0 Å². The lowest BCUT2D eigenvalue weighted by atomic mass is 10.0. The van der Waals surface area contributed by atoms with Crippen LogP contribution in [0.2, 0.25) is 0 Å².